The molecule has 1 aliphatic rings. The Labute approximate surface area is 119 Å². The quantitative estimate of drug-likeness (QED) is 0.811. The monoisotopic (exact) mass is 328 g/mol. The van der Waals surface area contributed by atoms with Gasteiger partial charge in [-0.3, -0.25) is 0 Å². The third-order valence-corrected chi connectivity index (χ3v) is 4.90. The highest BCUT2D eigenvalue weighted by Gasteiger charge is 2.38. The van der Waals surface area contributed by atoms with Crippen LogP contribution < -0.4 is 0 Å². The molecule has 0 aliphatic carbocycles. The summed E-state index contributed by atoms with van der Waals surface area (Å²) in [6, 6.07) is 0. The molecule has 1 aromatic rings. The Balaban J connectivity index is 2.17. The van der Waals surface area contributed by atoms with E-state index < -0.39 is 28.7 Å². The Morgan fingerprint density at radius 1 is 1.48 bits per heavy atom. The number of alkyl halides is 3. The predicted molar refractivity (Wildman–Crippen MR) is 64.9 cm³/mol. The number of nitrogens with zero attached hydrogens (tertiary/aromatic N) is 4. The van der Waals surface area contributed by atoms with Gasteiger partial charge < -0.3 is 4.74 Å². The molecule has 1 aliphatic heterocycles. The van der Waals surface area contributed by atoms with Gasteiger partial charge in [-0.2, -0.15) is 17.5 Å². The lowest BCUT2D eigenvalue weighted by molar-refractivity contribution is -0.166. The third-order valence-electron chi connectivity index (χ3n) is 3.05. The second-order valence-electron chi connectivity index (χ2n) is 4.56. The van der Waals surface area contributed by atoms with Gasteiger partial charge in [-0.15, -0.1) is 5.10 Å². The Morgan fingerprint density at radius 3 is 2.81 bits per heavy atom. The topological polar surface area (TPSA) is 77.3 Å². The lowest BCUT2D eigenvalue weighted by atomic mass is 10.2. The van der Waals surface area contributed by atoms with Gasteiger partial charge in [-0.25, -0.2) is 13.1 Å². The van der Waals surface area contributed by atoms with Gasteiger partial charge in [-0.1, -0.05) is 5.21 Å². The van der Waals surface area contributed by atoms with Gasteiger partial charge in [0.1, 0.15) is 0 Å². The zero-order valence-corrected chi connectivity index (χ0v) is 12.1. The molecule has 7 nitrogen and oxygen atoms in total. The predicted octanol–water partition coefficient (Wildman–Crippen LogP) is 0.640. The summed E-state index contributed by atoms with van der Waals surface area (Å²) in [5.41, 5.74) is 0. The van der Waals surface area contributed by atoms with Crippen LogP contribution in [-0.4, -0.2) is 59.7 Å². The minimum absolute atomic E-state index is 0.00554. The Kier molecular flexibility index (Phi) is 4.54. The first-order chi connectivity index (χ1) is 9.74. The van der Waals surface area contributed by atoms with Crippen molar-refractivity contribution in [3.8, 4) is 0 Å². The number of rotatable bonds is 4. The first-order valence-electron chi connectivity index (χ1n) is 6.31. The Bertz CT molecular complexity index is 587. The maximum Gasteiger partial charge on any atom is 0.391 e. The van der Waals surface area contributed by atoms with E-state index in [9.17, 15) is 21.6 Å². The van der Waals surface area contributed by atoms with E-state index in [2.05, 4.69) is 10.3 Å². The molecule has 0 amide bonds. The molecule has 21 heavy (non-hydrogen) atoms. The molecule has 0 spiro atoms. The molecule has 11 heteroatoms. The zero-order chi connectivity index (χ0) is 15.7. The molecular weight excluding hydrogens is 313 g/mol. The molecule has 2 heterocycles. The minimum Gasteiger partial charge on any atom is -0.375 e. The van der Waals surface area contributed by atoms with Crippen molar-refractivity contribution in [1.29, 1.82) is 0 Å². The van der Waals surface area contributed by atoms with Gasteiger partial charge in [0.25, 0.3) is 10.0 Å². The molecule has 120 valence electrons. The summed E-state index contributed by atoms with van der Waals surface area (Å²) in [7, 11) is -3.93. The third kappa shape index (κ3) is 3.71. The van der Waals surface area contributed by atoms with Crippen LogP contribution in [-0.2, 0) is 21.3 Å². The highest BCUT2D eigenvalue weighted by molar-refractivity contribution is 7.89. The van der Waals surface area contributed by atoms with Gasteiger partial charge in [0, 0.05) is 19.6 Å². The molecule has 1 saturated heterocycles. The van der Waals surface area contributed by atoms with E-state index in [0.717, 1.165) is 10.5 Å². The molecule has 0 saturated carbocycles. The Hall–Kier alpha value is -1.20. The van der Waals surface area contributed by atoms with E-state index in [1.54, 1.807) is 6.92 Å². The fourth-order valence-electron chi connectivity index (χ4n) is 2.09. The molecular formula is C10H15F3N4O3S. The van der Waals surface area contributed by atoms with Crippen molar-refractivity contribution >= 4 is 10.0 Å². The zero-order valence-electron chi connectivity index (χ0n) is 11.2. The fourth-order valence-corrected chi connectivity index (χ4v) is 3.65. The van der Waals surface area contributed by atoms with Crippen LogP contribution in [0.25, 0.3) is 0 Å². The summed E-state index contributed by atoms with van der Waals surface area (Å²) in [5, 5.41) is 7.03. The highest BCUT2D eigenvalue weighted by atomic mass is 32.2. The largest absolute Gasteiger partial charge is 0.391 e. The van der Waals surface area contributed by atoms with Gasteiger partial charge in [0.2, 0.25) is 0 Å². The highest BCUT2D eigenvalue weighted by Crippen LogP contribution is 2.26. The Morgan fingerprint density at radius 2 is 2.19 bits per heavy atom. The van der Waals surface area contributed by atoms with Crippen molar-refractivity contribution in [3.63, 3.8) is 0 Å². The number of hydrogen-bond acceptors (Lipinski definition) is 5. The van der Waals surface area contributed by atoms with Crippen LogP contribution in [0.1, 0.15) is 13.3 Å². The van der Waals surface area contributed by atoms with E-state index in [1.807, 2.05) is 0 Å². The van der Waals surface area contributed by atoms with Crippen molar-refractivity contribution in [3.05, 3.63) is 6.20 Å². The van der Waals surface area contributed by atoms with Crippen molar-refractivity contribution < 1.29 is 26.3 Å². The number of sulfonamides is 1. The molecule has 1 atom stereocenters. The number of aryl methyl sites for hydroxylation is 1. The average molecular weight is 328 g/mol. The second kappa shape index (κ2) is 5.89. The molecule has 0 radical (unpaired) electrons. The van der Waals surface area contributed by atoms with Crippen LogP contribution >= 0.6 is 0 Å². The maximum atomic E-state index is 12.4. The summed E-state index contributed by atoms with van der Waals surface area (Å²) in [4.78, 5) is 0. The smallest absolute Gasteiger partial charge is 0.375 e. The van der Waals surface area contributed by atoms with Gasteiger partial charge >= 0.3 is 6.18 Å². The number of aromatic nitrogens is 3. The molecule has 0 N–H and O–H groups in total. The lowest BCUT2D eigenvalue weighted by Crippen LogP contribution is -2.47. The van der Waals surface area contributed by atoms with Crippen LogP contribution in [0.3, 0.4) is 0 Å². The maximum absolute atomic E-state index is 12.4. The van der Waals surface area contributed by atoms with Crippen LogP contribution in [0.5, 0.6) is 0 Å². The van der Waals surface area contributed by atoms with Crippen molar-refractivity contribution in [1.82, 2.24) is 19.3 Å². The second-order valence-corrected chi connectivity index (χ2v) is 6.45. The van der Waals surface area contributed by atoms with Crippen LogP contribution in [0.2, 0.25) is 0 Å². The van der Waals surface area contributed by atoms with E-state index in [1.165, 1.54) is 4.68 Å². The molecule has 0 aromatic carbocycles. The molecule has 0 bridgehead atoms. The minimum atomic E-state index is -4.40. The summed E-state index contributed by atoms with van der Waals surface area (Å²) >= 11 is 0. The summed E-state index contributed by atoms with van der Waals surface area (Å²) in [6.45, 7) is 1.58. The molecule has 1 unspecified atom stereocenters. The summed E-state index contributed by atoms with van der Waals surface area (Å²) < 4.78 is 69.2. The SMILES string of the molecule is CCn1nncc1S(=O)(=O)N1CCOC(CC(F)(F)F)C1. The van der Waals surface area contributed by atoms with E-state index >= 15 is 0 Å². The van der Waals surface area contributed by atoms with Crippen molar-refractivity contribution in [2.45, 2.75) is 37.2 Å². The normalized spacial score (nSPS) is 21.6. The van der Waals surface area contributed by atoms with E-state index in [0.29, 0.717) is 6.54 Å². The van der Waals surface area contributed by atoms with Crippen LogP contribution in [0, 0.1) is 0 Å². The first kappa shape index (κ1) is 16.2. The van der Waals surface area contributed by atoms with E-state index in [4.69, 9.17) is 4.74 Å². The van der Waals surface area contributed by atoms with E-state index in [-0.39, 0.29) is 24.7 Å². The average Bonchev–Trinajstić information content (AvgIpc) is 2.86. The number of ether oxygens (including phenoxy) is 1. The van der Waals surface area contributed by atoms with Gasteiger partial charge in [0.05, 0.1) is 25.3 Å². The van der Waals surface area contributed by atoms with Gasteiger partial charge in [-0.05, 0) is 6.92 Å². The number of hydrogen-bond donors (Lipinski definition) is 0. The standard InChI is InChI=1S/C10H15F3N4O3S/c1-2-17-9(6-14-15-17)21(18,19)16-3-4-20-8(7-16)5-10(11,12)13/h6,8H,2-5,7H2,1H3. The number of halogens is 3. The van der Waals surface area contributed by atoms with Gasteiger partial charge in [0.15, 0.2) is 5.03 Å². The molecule has 1 aromatic heterocycles. The van der Waals surface area contributed by atoms with Crippen molar-refractivity contribution in [2.75, 3.05) is 19.7 Å². The molecule has 1 fully saturated rings. The van der Waals surface area contributed by atoms with Crippen LogP contribution in [0.4, 0.5) is 13.2 Å². The molecule has 2 rings (SSSR count). The lowest BCUT2D eigenvalue weighted by Gasteiger charge is -2.32. The summed E-state index contributed by atoms with van der Waals surface area (Å²) in [6.07, 6.45) is -5.68. The van der Waals surface area contributed by atoms with Crippen molar-refractivity contribution in [2.24, 2.45) is 0 Å². The van der Waals surface area contributed by atoms with Crippen LogP contribution in [0.15, 0.2) is 11.2 Å². The fraction of sp³-hybridized carbons (Fsp3) is 0.800. The number of morpholine rings is 1. The first-order valence-corrected chi connectivity index (χ1v) is 7.75. The summed E-state index contributed by atoms with van der Waals surface area (Å²) in [5.74, 6) is 0.